The van der Waals surface area contributed by atoms with Crippen LogP contribution in [-0.2, 0) is 4.79 Å². The lowest BCUT2D eigenvalue weighted by molar-refractivity contribution is -0.122. The van der Waals surface area contributed by atoms with Gasteiger partial charge in [-0.3, -0.25) is 9.69 Å². The molecule has 4 nitrogen and oxygen atoms in total. The number of amides is 1. The van der Waals surface area contributed by atoms with E-state index in [4.69, 9.17) is 5.26 Å². The monoisotopic (exact) mass is 325 g/mol. The third kappa shape index (κ3) is 4.90. The van der Waals surface area contributed by atoms with Crippen LogP contribution in [0.3, 0.4) is 0 Å². The maximum atomic E-state index is 13.2. The molecule has 2 aromatic rings. The van der Waals surface area contributed by atoms with Crippen molar-refractivity contribution in [1.29, 1.82) is 5.26 Å². The minimum atomic E-state index is -0.289. The second-order valence-electron chi connectivity index (χ2n) is 5.54. The van der Waals surface area contributed by atoms with Gasteiger partial charge in [0.1, 0.15) is 5.82 Å². The summed E-state index contributed by atoms with van der Waals surface area (Å²) in [5.74, 6) is -0.432. The Morgan fingerprint density at radius 2 is 1.79 bits per heavy atom. The molecule has 0 aliphatic carbocycles. The van der Waals surface area contributed by atoms with E-state index in [1.165, 1.54) is 12.1 Å². The van der Waals surface area contributed by atoms with E-state index in [-0.39, 0.29) is 30.7 Å². The first-order valence-corrected chi connectivity index (χ1v) is 7.76. The molecule has 5 heteroatoms. The molecule has 0 aliphatic heterocycles. The van der Waals surface area contributed by atoms with Gasteiger partial charge in [-0.25, -0.2) is 4.39 Å². The van der Waals surface area contributed by atoms with Gasteiger partial charge >= 0.3 is 0 Å². The molecule has 0 unspecified atom stereocenters. The van der Waals surface area contributed by atoms with Crippen LogP contribution in [-0.4, -0.2) is 30.9 Å². The summed E-state index contributed by atoms with van der Waals surface area (Å²) >= 11 is 0. The van der Waals surface area contributed by atoms with Gasteiger partial charge in [0, 0.05) is 6.54 Å². The van der Waals surface area contributed by atoms with Gasteiger partial charge in [-0.1, -0.05) is 42.5 Å². The molecule has 124 valence electrons. The number of carbonyl (C=O) groups is 1. The standard InChI is InChI=1S/C19H20FN3O/c1-23(14-18(24)22-13-5-12-21)19(15-6-3-2-4-7-15)16-8-10-17(20)11-9-16/h2-4,6-11,19H,5,13-14H2,1H3,(H,22,24)/t19-/m1/s1. The molecule has 0 aromatic heterocycles. The van der Waals surface area contributed by atoms with Gasteiger partial charge in [0.2, 0.25) is 5.91 Å². The predicted molar refractivity (Wildman–Crippen MR) is 90.6 cm³/mol. The molecule has 1 amide bonds. The van der Waals surface area contributed by atoms with Crippen molar-refractivity contribution in [3.8, 4) is 6.07 Å². The fraction of sp³-hybridized carbons (Fsp3) is 0.263. The van der Waals surface area contributed by atoms with E-state index in [9.17, 15) is 9.18 Å². The molecule has 1 atom stereocenters. The molecule has 0 saturated carbocycles. The number of rotatable bonds is 7. The summed E-state index contributed by atoms with van der Waals surface area (Å²) in [5, 5.41) is 11.2. The van der Waals surface area contributed by atoms with Gasteiger partial charge < -0.3 is 5.32 Å². The lowest BCUT2D eigenvalue weighted by atomic mass is 9.97. The molecule has 0 fully saturated rings. The lowest BCUT2D eigenvalue weighted by Gasteiger charge is -2.28. The molecule has 0 spiro atoms. The third-order valence-electron chi connectivity index (χ3n) is 3.69. The van der Waals surface area contributed by atoms with Gasteiger partial charge in [0.05, 0.1) is 25.1 Å². The van der Waals surface area contributed by atoms with Gasteiger partial charge in [0.25, 0.3) is 0 Å². The molecule has 0 bridgehead atoms. The van der Waals surface area contributed by atoms with Crippen LogP contribution < -0.4 is 5.32 Å². The fourth-order valence-electron chi connectivity index (χ4n) is 2.61. The van der Waals surface area contributed by atoms with Crippen molar-refractivity contribution in [3.63, 3.8) is 0 Å². The Labute approximate surface area is 141 Å². The third-order valence-corrected chi connectivity index (χ3v) is 3.69. The summed E-state index contributed by atoms with van der Waals surface area (Å²) in [6.45, 7) is 0.526. The van der Waals surface area contributed by atoms with Crippen LogP contribution in [0.15, 0.2) is 54.6 Å². The van der Waals surface area contributed by atoms with Crippen LogP contribution in [0.25, 0.3) is 0 Å². The highest BCUT2D eigenvalue weighted by Crippen LogP contribution is 2.27. The SMILES string of the molecule is CN(CC(=O)NCCC#N)[C@H](c1ccccc1)c1ccc(F)cc1. The van der Waals surface area contributed by atoms with Crippen molar-refractivity contribution in [2.45, 2.75) is 12.5 Å². The Hall–Kier alpha value is -2.71. The summed E-state index contributed by atoms with van der Waals surface area (Å²) in [4.78, 5) is 13.9. The highest BCUT2D eigenvalue weighted by Gasteiger charge is 2.21. The van der Waals surface area contributed by atoms with Crippen LogP contribution in [0.1, 0.15) is 23.6 Å². The van der Waals surface area contributed by atoms with E-state index in [0.717, 1.165) is 11.1 Å². The first-order valence-electron chi connectivity index (χ1n) is 7.76. The number of halogens is 1. The summed E-state index contributed by atoms with van der Waals surface area (Å²) in [5.41, 5.74) is 1.94. The first kappa shape index (κ1) is 17.6. The van der Waals surface area contributed by atoms with E-state index in [1.807, 2.05) is 48.3 Å². The second-order valence-corrected chi connectivity index (χ2v) is 5.54. The maximum absolute atomic E-state index is 13.2. The number of hydrogen-bond acceptors (Lipinski definition) is 3. The normalized spacial score (nSPS) is 11.8. The van der Waals surface area contributed by atoms with Crippen molar-refractivity contribution < 1.29 is 9.18 Å². The lowest BCUT2D eigenvalue weighted by Crippen LogP contribution is -2.37. The first-order chi connectivity index (χ1) is 11.6. The van der Waals surface area contributed by atoms with Crippen LogP contribution in [0.2, 0.25) is 0 Å². The van der Waals surface area contributed by atoms with Crippen molar-refractivity contribution in [2.24, 2.45) is 0 Å². The molecule has 0 saturated heterocycles. The molecule has 2 aromatic carbocycles. The maximum Gasteiger partial charge on any atom is 0.234 e. The van der Waals surface area contributed by atoms with E-state index in [2.05, 4.69) is 5.32 Å². The topological polar surface area (TPSA) is 56.1 Å². The molecule has 0 aliphatic rings. The molecule has 24 heavy (non-hydrogen) atoms. The van der Waals surface area contributed by atoms with Crippen molar-refractivity contribution in [3.05, 3.63) is 71.5 Å². The minimum Gasteiger partial charge on any atom is -0.354 e. The Bertz CT molecular complexity index is 695. The Morgan fingerprint density at radius 1 is 1.17 bits per heavy atom. The number of nitrogens with zero attached hydrogens (tertiary/aromatic N) is 2. The molecular formula is C19H20FN3O. The fourth-order valence-corrected chi connectivity index (χ4v) is 2.61. The van der Waals surface area contributed by atoms with Gasteiger partial charge in [-0.05, 0) is 30.3 Å². The van der Waals surface area contributed by atoms with E-state index in [1.54, 1.807) is 12.1 Å². The number of nitrogens with one attached hydrogen (secondary N) is 1. The van der Waals surface area contributed by atoms with Crippen molar-refractivity contribution in [1.82, 2.24) is 10.2 Å². The molecule has 2 rings (SSSR count). The van der Waals surface area contributed by atoms with Gasteiger partial charge in [0.15, 0.2) is 0 Å². The van der Waals surface area contributed by atoms with E-state index in [0.29, 0.717) is 6.54 Å². The van der Waals surface area contributed by atoms with E-state index < -0.39 is 0 Å². The summed E-state index contributed by atoms with van der Waals surface area (Å²) in [6, 6.07) is 17.9. The Morgan fingerprint density at radius 3 is 2.42 bits per heavy atom. The number of hydrogen-bond donors (Lipinski definition) is 1. The number of likely N-dealkylation sites (N-methyl/N-ethyl adjacent to an activating group) is 1. The second kappa shape index (κ2) is 8.80. The summed E-state index contributed by atoms with van der Waals surface area (Å²) < 4.78 is 13.2. The van der Waals surface area contributed by atoms with Crippen LogP contribution >= 0.6 is 0 Å². The van der Waals surface area contributed by atoms with Crippen LogP contribution in [0, 0.1) is 17.1 Å². The zero-order chi connectivity index (χ0) is 17.4. The smallest absolute Gasteiger partial charge is 0.234 e. The highest BCUT2D eigenvalue weighted by molar-refractivity contribution is 5.78. The van der Waals surface area contributed by atoms with Gasteiger partial charge in [-0.15, -0.1) is 0 Å². The zero-order valence-corrected chi connectivity index (χ0v) is 13.6. The zero-order valence-electron chi connectivity index (χ0n) is 13.6. The molecular weight excluding hydrogens is 305 g/mol. The largest absolute Gasteiger partial charge is 0.354 e. The average molecular weight is 325 g/mol. The number of nitriles is 1. The van der Waals surface area contributed by atoms with Crippen molar-refractivity contribution in [2.75, 3.05) is 20.1 Å². The van der Waals surface area contributed by atoms with Crippen LogP contribution in [0.4, 0.5) is 4.39 Å². The predicted octanol–water partition coefficient (Wildman–Crippen LogP) is 2.88. The summed E-state index contributed by atoms with van der Waals surface area (Å²) in [7, 11) is 1.85. The highest BCUT2D eigenvalue weighted by atomic mass is 19.1. The number of benzene rings is 2. The molecule has 1 N–H and O–H groups in total. The average Bonchev–Trinajstić information content (AvgIpc) is 2.58. The minimum absolute atomic E-state index is 0.143. The number of carbonyl (C=O) groups excluding carboxylic acids is 1. The Balaban J connectivity index is 2.18. The Kier molecular flexibility index (Phi) is 6.47. The molecule has 0 heterocycles. The van der Waals surface area contributed by atoms with Crippen LogP contribution in [0.5, 0.6) is 0 Å². The molecule has 0 radical (unpaired) electrons. The van der Waals surface area contributed by atoms with Crippen molar-refractivity contribution >= 4 is 5.91 Å². The quantitative estimate of drug-likeness (QED) is 0.797. The van der Waals surface area contributed by atoms with E-state index >= 15 is 0 Å². The van der Waals surface area contributed by atoms with Gasteiger partial charge in [-0.2, -0.15) is 5.26 Å². The summed E-state index contributed by atoms with van der Waals surface area (Å²) in [6.07, 6.45) is 0.287.